The molecule has 2 heterocycles. The van der Waals surface area contributed by atoms with Crippen LogP contribution < -0.4 is 4.90 Å². The molecule has 1 saturated heterocycles. The van der Waals surface area contributed by atoms with Crippen molar-refractivity contribution in [2.75, 3.05) is 18.0 Å². The van der Waals surface area contributed by atoms with Crippen molar-refractivity contribution in [3.8, 4) is 0 Å². The molecule has 2 aromatic rings. The van der Waals surface area contributed by atoms with Crippen molar-refractivity contribution >= 4 is 21.6 Å². The highest BCUT2D eigenvalue weighted by Gasteiger charge is 2.37. The number of nitrogens with zero attached hydrogens (tertiary/aromatic N) is 2. The second kappa shape index (κ2) is 7.88. The predicted octanol–water partition coefficient (Wildman–Crippen LogP) is 3.35. The van der Waals surface area contributed by atoms with E-state index in [0.29, 0.717) is 31.5 Å². The van der Waals surface area contributed by atoms with Gasteiger partial charge in [0.25, 0.3) is 0 Å². The number of piperidine rings is 1. The van der Waals surface area contributed by atoms with E-state index in [4.69, 9.17) is 0 Å². The number of rotatable bonds is 4. The SMILES string of the molecule is CC1Cc2ccccc2N1C(=O)C1CCN(S(=O)(=O)Cc2ccc(F)cc2)CC1. The molecular weight excluding hydrogens is 391 g/mol. The average Bonchev–Trinajstić information content (AvgIpc) is 3.05. The first-order chi connectivity index (χ1) is 13.8. The molecule has 1 fully saturated rings. The summed E-state index contributed by atoms with van der Waals surface area (Å²) in [6, 6.07) is 13.6. The third-order valence-corrected chi connectivity index (χ3v) is 7.75. The number of hydrogen-bond acceptors (Lipinski definition) is 3. The van der Waals surface area contributed by atoms with Crippen molar-refractivity contribution in [2.24, 2.45) is 5.92 Å². The van der Waals surface area contributed by atoms with Gasteiger partial charge in [-0.05, 0) is 55.5 Å². The minimum atomic E-state index is -3.49. The van der Waals surface area contributed by atoms with Crippen LogP contribution in [0.5, 0.6) is 0 Å². The molecule has 154 valence electrons. The van der Waals surface area contributed by atoms with Gasteiger partial charge < -0.3 is 4.90 Å². The van der Waals surface area contributed by atoms with Gasteiger partial charge in [0.05, 0.1) is 5.75 Å². The first kappa shape index (κ1) is 20.0. The molecule has 4 rings (SSSR count). The third-order valence-electron chi connectivity index (χ3n) is 5.90. The van der Waals surface area contributed by atoms with Crippen LogP contribution in [-0.4, -0.2) is 37.8 Å². The van der Waals surface area contributed by atoms with E-state index >= 15 is 0 Å². The van der Waals surface area contributed by atoms with Gasteiger partial charge in [-0.25, -0.2) is 17.1 Å². The summed E-state index contributed by atoms with van der Waals surface area (Å²) in [4.78, 5) is 15.1. The Kier molecular flexibility index (Phi) is 5.44. The number of halogens is 1. The van der Waals surface area contributed by atoms with Gasteiger partial charge in [0.1, 0.15) is 5.82 Å². The lowest BCUT2D eigenvalue weighted by atomic mass is 9.96. The van der Waals surface area contributed by atoms with E-state index in [0.717, 1.165) is 12.1 Å². The maximum atomic E-state index is 13.2. The molecule has 1 amide bonds. The van der Waals surface area contributed by atoms with Crippen LogP contribution in [0, 0.1) is 11.7 Å². The molecule has 1 unspecified atom stereocenters. The lowest BCUT2D eigenvalue weighted by Gasteiger charge is -2.34. The number of amides is 1. The quantitative estimate of drug-likeness (QED) is 0.768. The van der Waals surface area contributed by atoms with Crippen LogP contribution in [0.15, 0.2) is 48.5 Å². The first-order valence-electron chi connectivity index (χ1n) is 9.98. The van der Waals surface area contributed by atoms with Crippen LogP contribution in [0.3, 0.4) is 0 Å². The smallest absolute Gasteiger partial charge is 0.230 e. The first-order valence-corrected chi connectivity index (χ1v) is 11.6. The number of carbonyl (C=O) groups is 1. The Hall–Kier alpha value is -2.25. The molecule has 29 heavy (non-hydrogen) atoms. The number of hydrogen-bond donors (Lipinski definition) is 0. The monoisotopic (exact) mass is 416 g/mol. The Morgan fingerprint density at radius 1 is 1.07 bits per heavy atom. The Balaban J connectivity index is 1.40. The third kappa shape index (κ3) is 4.07. The van der Waals surface area contributed by atoms with Gasteiger partial charge in [-0.3, -0.25) is 4.79 Å². The van der Waals surface area contributed by atoms with Crippen LogP contribution in [0.25, 0.3) is 0 Å². The summed E-state index contributed by atoms with van der Waals surface area (Å²) in [5.74, 6) is -0.607. The van der Waals surface area contributed by atoms with Gasteiger partial charge >= 0.3 is 0 Å². The zero-order chi connectivity index (χ0) is 20.6. The van der Waals surface area contributed by atoms with E-state index in [1.54, 1.807) is 0 Å². The summed E-state index contributed by atoms with van der Waals surface area (Å²) in [7, 11) is -3.49. The molecule has 0 radical (unpaired) electrons. The molecule has 1 atom stereocenters. The van der Waals surface area contributed by atoms with Gasteiger partial charge in [-0.1, -0.05) is 30.3 Å². The zero-order valence-electron chi connectivity index (χ0n) is 16.4. The minimum absolute atomic E-state index is 0.0954. The molecule has 2 aliphatic heterocycles. The molecule has 0 saturated carbocycles. The molecule has 0 aliphatic carbocycles. The number of anilines is 1. The summed E-state index contributed by atoms with van der Waals surface area (Å²) in [6.07, 6.45) is 1.90. The van der Waals surface area contributed by atoms with E-state index < -0.39 is 10.0 Å². The van der Waals surface area contributed by atoms with E-state index in [1.165, 1.54) is 34.1 Å². The van der Waals surface area contributed by atoms with Gasteiger partial charge in [0.15, 0.2) is 0 Å². The second-order valence-electron chi connectivity index (χ2n) is 7.95. The lowest BCUT2D eigenvalue weighted by Crippen LogP contribution is -2.46. The van der Waals surface area contributed by atoms with Gasteiger partial charge in [0, 0.05) is 30.7 Å². The summed E-state index contributed by atoms with van der Waals surface area (Å²) < 4.78 is 40.0. The van der Waals surface area contributed by atoms with Crippen LogP contribution in [-0.2, 0) is 27.0 Å². The Morgan fingerprint density at radius 2 is 1.72 bits per heavy atom. The van der Waals surface area contributed by atoms with Crippen LogP contribution >= 0.6 is 0 Å². The maximum absolute atomic E-state index is 13.2. The molecule has 7 heteroatoms. The molecule has 0 aromatic heterocycles. The van der Waals surface area contributed by atoms with Crippen molar-refractivity contribution < 1.29 is 17.6 Å². The summed E-state index contributed by atoms with van der Waals surface area (Å²) in [6.45, 7) is 2.73. The van der Waals surface area contributed by atoms with Crippen LogP contribution in [0.4, 0.5) is 10.1 Å². The molecule has 0 spiro atoms. The fraction of sp³-hybridized carbons (Fsp3) is 0.409. The summed E-state index contributed by atoms with van der Waals surface area (Å²) >= 11 is 0. The number of carbonyl (C=O) groups excluding carboxylic acids is 1. The van der Waals surface area contributed by atoms with Crippen LogP contribution in [0.2, 0.25) is 0 Å². The van der Waals surface area contributed by atoms with Crippen molar-refractivity contribution in [3.05, 3.63) is 65.5 Å². The molecule has 2 aromatic carbocycles. The van der Waals surface area contributed by atoms with Gasteiger partial charge in [0.2, 0.25) is 15.9 Å². The van der Waals surface area contributed by atoms with Gasteiger partial charge in [-0.15, -0.1) is 0 Å². The molecule has 0 N–H and O–H groups in total. The number of benzene rings is 2. The van der Waals surface area contributed by atoms with E-state index in [2.05, 4.69) is 13.0 Å². The number of para-hydroxylation sites is 1. The minimum Gasteiger partial charge on any atom is -0.309 e. The van der Waals surface area contributed by atoms with E-state index in [9.17, 15) is 17.6 Å². The van der Waals surface area contributed by atoms with Crippen LogP contribution in [0.1, 0.15) is 30.9 Å². The van der Waals surface area contributed by atoms with Gasteiger partial charge in [-0.2, -0.15) is 0 Å². The van der Waals surface area contributed by atoms with Crippen molar-refractivity contribution in [3.63, 3.8) is 0 Å². The molecule has 0 bridgehead atoms. The zero-order valence-corrected chi connectivity index (χ0v) is 17.2. The van der Waals surface area contributed by atoms with Crippen molar-refractivity contribution in [1.82, 2.24) is 4.31 Å². The Morgan fingerprint density at radius 3 is 2.41 bits per heavy atom. The van der Waals surface area contributed by atoms with Crippen molar-refractivity contribution in [2.45, 2.75) is 38.0 Å². The number of sulfonamides is 1. The molecule has 5 nitrogen and oxygen atoms in total. The average molecular weight is 417 g/mol. The molecule has 2 aliphatic rings. The fourth-order valence-electron chi connectivity index (χ4n) is 4.36. The van der Waals surface area contributed by atoms with E-state index in [1.807, 2.05) is 23.1 Å². The summed E-state index contributed by atoms with van der Waals surface area (Å²) in [5.41, 5.74) is 2.73. The highest BCUT2D eigenvalue weighted by molar-refractivity contribution is 7.88. The normalized spacial score (nSPS) is 20.6. The highest BCUT2D eigenvalue weighted by Crippen LogP contribution is 2.35. The highest BCUT2D eigenvalue weighted by atomic mass is 32.2. The second-order valence-corrected chi connectivity index (χ2v) is 9.92. The summed E-state index contributed by atoms with van der Waals surface area (Å²) in [5, 5.41) is 0. The topological polar surface area (TPSA) is 57.7 Å². The Labute approximate surface area is 171 Å². The Bertz CT molecular complexity index is 999. The largest absolute Gasteiger partial charge is 0.309 e. The van der Waals surface area contributed by atoms with E-state index in [-0.39, 0.29) is 29.4 Å². The predicted molar refractivity (Wildman–Crippen MR) is 110 cm³/mol. The molecular formula is C22H25FN2O3S. The number of fused-ring (bicyclic) bond motifs is 1. The standard InChI is InChI=1S/C22H25FN2O3S/c1-16-14-19-4-2-3-5-21(19)25(16)22(26)18-10-12-24(13-11-18)29(27,28)15-17-6-8-20(23)9-7-17/h2-9,16,18H,10-15H2,1H3. The fourth-order valence-corrected chi connectivity index (χ4v) is 5.92. The maximum Gasteiger partial charge on any atom is 0.230 e. The lowest BCUT2D eigenvalue weighted by molar-refractivity contribution is -0.123. The van der Waals surface area contributed by atoms with Crippen molar-refractivity contribution in [1.29, 1.82) is 0 Å².